The van der Waals surface area contributed by atoms with E-state index < -0.39 is 0 Å². The fourth-order valence-electron chi connectivity index (χ4n) is 3.19. The fourth-order valence-corrected chi connectivity index (χ4v) is 3.19. The summed E-state index contributed by atoms with van der Waals surface area (Å²) in [6, 6.07) is 8.00. The Morgan fingerprint density at radius 2 is 2.13 bits per heavy atom. The minimum atomic E-state index is 0.0449. The summed E-state index contributed by atoms with van der Waals surface area (Å²) in [7, 11) is 0. The molecule has 0 saturated heterocycles. The van der Waals surface area contributed by atoms with Gasteiger partial charge in [0.15, 0.2) is 0 Å². The van der Waals surface area contributed by atoms with Crippen molar-refractivity contribution in [1.29, 1.82) is 0 Å². The Balaban J connectivity index is 1.59. The first-order chi connectivity index (χ1) is 11.2. The van der Waals surface area contributed by atoms with Crippen LogP contribution in [0.2, 0.25) is 0 Å². The van der Waals surface area contributed by atoms with Gasteiger partial charge in [0.2, 0.25) is 11.8 Å². The number of aryl methyl sites for hydroxylation is 1. The lowest BCUT2D eigenvalue weighted by atomic mass is 9.95. The summed E-state index contributed by atoms with van der Waals surface area (Å²) in [5.41, 5.74) is 8.60. The molecular formula is C18H23N3O2. The van der Waals surface area contributed by atoms with Crippen LogP contribution in [0.15, 0.2) is 34.9 Å². The molecule has 1 aromatic heterocycles. The third kappa shape index (κ3) is 3.62. The second-order valence-electron chi connectivity index (χ2n) is 6.26. The molecule has 23 heavy (non-hydrogen) atoms. The monoisotopic (exact) mass is 313 g/mol. The number of hydrogen-bond acceptors (Lipinski definition) is 4. The number of nitrogens with one attached hydrogen (secondary N) is 1. The van der Waals surface area contributed by atoms with Crippen LogP contribution in [-0.2, 0) is 11.3 Å². The molecule has 1 heterocycles. The zero-order chi connectivity index (χ0) is 16.2. The Hall–Kier alpha value is -2.14. The lowest BCUT2D eigenvalue weighted by Gasteiger charge is -2.16. The first-order valence-corrected chi connectivity index (χ1v) is 8.16. The molecule has 3 N–H and O–H groups in total. The highest BCUT2D eigenvalue weighted by Crippen LogP contribution is 2.31. The van der Waals surface area contributed by atoms with Crippen molar-refractivity contribution in [3.8, 4) is 11.5 Å². The number of amides is 1. The highest BCUT2D eigenvalue weighted by atomic mass is 16.3. The fraction of sp³-hybridized carbons (Fsp3) is 0.444. The molecule has 2 aromatic rings. The van der Waals surface area contributed by atoms with Crippen LogP contribution in [0.1, 0.15) is 30.5 Å². The van der Waals surface area contributed by atoms with Crippen LogP contribution < -0.4 is 11.1 Å². The summed E-state index contributed by atoms with van der Waals surface area (Å²) in [6.07, 6.45) is 4.67. The topological polar surface area (TPSA) is 81.2 Å². The smallest absolute Gasteiger partial charge is 0.226 e. The quantitative estimate of drug-likeness (QED) is 0.889. The Morgan fingerprint density at radius 1 is 1.35 bits per heavy atom. The second-order valence-corrected chi connectivity index (χ2v) is 6.26. The number of hydrogen-bond donors (Lipinski definition) is 2. The van der Waals surface area contributed by atoms with Gasteiger partial charge >= 0.3 is 0 Å². The number of aromatic nitrogens is 1. The Morgan fingerprint density at radius 3 is 2.87 bits per heavy atom. The molecule has 122 valence electrons. The molecule has 2 atom stereocenters. The van der Waals surface area contributed by atoms with Crippen LogP contribution in [0.5, 0.6) is 0 Å². The van der Waals surface area contributed by atoms with Crippen LogP contribution in [-0.4, -0.2) is 17.4 Å². The van der Waals surface area contributed by atoms with Gasteiger partial charge in [-0.2, -0.15) is 0 Å². The summed E-state index contributed by atoms with van der Waals surface area (Å²) >= 11 is 0. The summed E-state index contributed by atoms with van der Waals surface area (Å²) < 4.78 is 5.51. The van der Waals surface area contributed by atoms with E-state index >= 15 is 0 Å². The van der Waals surface area contributed by atoms with Crippen LogP contribution in [0, 0.1) is 18.8 Å². The molecule has 0 radical (unpaired) electrons. The molecule has 0 unspecified atom stereocenters. The van der Waals surface area contributed by atoms with Crippen LogP contribution in [0.3, 0.4) is 0 Å². The van der Waals surface area contributed by atoms with E-state index in [0.717, 1.165) is 30.5 Å². The number of benzene rings is 1. The van der Waals surface area contributed by atoms with Crippen LogP contribution in [0.4, 0.5) is 0 Å². The van der Waals surface area contributed by atoms with Gasteiger partial charge in [0.1, 0.15) is 6.26 Å². The third-order valence-electron chi connectivity index (χ3n) is 4.59. The molecule has 1 fully saturated rings. The number of carbonyl (C=O) groups is 1. The van der Waals surface area contributed by atoms with Crippen molar-refractivity contribution in [2.45, 2.75) is 32.7 Å². The van der Waals surface area contributed by atoms with E-state index in [0.29, 0.717) is 24.9 Å². The maximum atomic E-state index is 12.3. The largest absolute Gasteiger partial charge is 0.444 e. The van der Waals surface area contributed by atoms with Gasteiger partial charge in [-0.15, -0.1) is 0 Å². The SMILES string of the molecule is Cc1ccc(-c2nc(CNC(=O)[C@@H]3CCC[C@@H]3CN)co2)cc1. The Labute approximate surface area is 136 Å². The molecule has 0 aliphatic heterocycles. The minimum absolute atomic E-state index is 0.0449. The van der Waals surface area contributed by atoms with E-state index in [9.17, 15) is 4.79 Å². The molecule has 1 aliphatic rings. The van der Waals surface area contributed by atoms with Crippen LogP contribution >= 0.6 is 0 Å². The number of carbonyl (C=O) groups excluding carboxylic acids is 1. The average Bonchev–Trinajstić information content (AvgIpc) is 3.22. The highest BCUT2D eigenvalue weighted by Gasteiger charge is 2.31. The molecular weight excluding hydrogens is 290 g/mol. The molecule has 1 aromatic carbocycles. The predicted molar refractivity (Wildman–Crippen MR) is 88.4 cm³/mol. The van der Waals surface area contributed by atoms with Gasteiger partial charge in [-0.25, -0.2) is 4.98 Å². The third-order valence-corrected chi connectivity index (χ3v) is 4.59. The van der Waals surface area contributed by atoms with Crippen molar-refractivity contribution >= 4 is 5.91 Å². The van der Waals surface area contributed by atoms with Gasteiger partial charge in [-0.05, 0) is 44.4 Å². The lowest BCUT2D eigenvalue weighted by Crippen LogP contribution is -2.34. The first-order valence-electron chi connectivity index (χ1n) is 8.16. The Bertz CT molecular complexity index is 663. The van der Waals surface area contributed by atoms with E-state index in [-0.39, 0.29) is 11.8 Å². The van der Waals surface area contributed by atoms with Gasteiger partial charge in [-0.3, -0.25) is 4.79 Å². The molecule has 5 nitrogen and oxygen atoms in total. The first kappa shape index (κ1) is 15.7. The van der Waals surface area contributed by atoms with Gasteiger partial charge in [0.25, 0.3) is 0 Å². The van der Waals surface area contributed by atoms with Crippen molar-refractivity contribution < 1.29 is 9.21 Å². The van der Waals surface area contributed by atoms with Crippen molar-refractivity contribution in [3.63, 3.8) is 0 Å². The summed E-state index contributed by atoms with van der Waals surface area (Å²) in [5, 5.41) is 2.96. The van der Waals surface area contributed by atoms with Gasteiger partial charge in [-0.1, -0.05) is 24.1 Å². The van der Waals surface area contributed by atoms with Crippen molar-refractivity contribution in [1.82, 2.24) is 10.3 Å². The molecule has 1 saturated carbocycles. The summed E-state index contributed by atoms with van der Waals surface area (Å²) in [4.78, 5) is 16.7. The van der Waals surface area contributed by atoms with E-state index in [1.54, 1.807) is 6.26 Å². The average molecular weight is 313 g/mol. The predicted octanol–water partition coefficient (Wildman–Crippen LogP) is 2.64. The second kappa shape index (κ2) is 6.96. The maximum Gasteiger partial charge on any atom is 0.226 e. The van der Waals surface area contributed by atoms with Gasteiger partial charge in [0.05, 0.1) is 12.2 Å². The number of nitrogens with two attached hydrogens (primary N) is 1. The molecule has 5 heteroatoms. The molecule has 3 rings (SSSR count). The number of nitrogens with zero attached hydrogens (tertiary/aromatic N) is 1. The molecule has 0 bridgehead atoms. The molecule has 1 aliphatic carbocycles. The van der Waals surface area contributed by atoms with Gasteiger partial charge in [0, 0.05) is 11.5 Å². The highest BCUT2D eigenvalue weighted by molar-refractivity contribution is 5.79. The van der Waals surface area contributed by atoms with E-state index in [4.69, 9.17) is 10.2 Å². The molecule has 0 spiro atoms. The minimum Gasteiger partial charge on any atom is -0.444 e. The number of oxazole rings is 1. The Kier molecular flexibility index (Phi) is 4.76. The standard InChI is InChI=1S/C18H23N3O2/c1-12-5-7-13(8-6-12)18-21-15(11-23-18)10-20-17(22)16-4-2-3-14(16)9-19/h5-8,11,14,16H,2-4,9-10,19H2,1H3,(H,20,22)/t14-,16-/m1/s1. The molecule has 1 amide bonds. The van der Waals surface area contributed by atoms with Crippen molar-refractivity contribution in [2.75, 3.05) is 6.54 Å². The van der Waals surface area contributed by atoms with E-state index in [1.165, 1.54) is 5.56 Å². The van der Waals surface area contributed by atoms with E-state index in [1.807, 2.05) is 31.2 Å². The summed E-state index contributed by atoms with van der Waals surface area (Å²) in [6.45, 7) is 3.01. The van der Waals surface area contributed by atoms with Gasteiger partial charge < -0.3 is 15.5 Å². The maximum absolute atomic E-state index is 12.3. The van der Waals surface area contributed by atoms with E-state index in [2.05, 4.69) is 10.3 Å². The zero-order valence-electron chi connectivity index (χ0n) is 13.4. The van der Waals surface area contributed by atoms with Crippen molar-refractivity contribution in [3.05, 3.63) is 41.8 Å². The normalized spacial score (nSPS) is 20.6. The zero-order valence-corrected chi connectivity index (χ0v) is 13.4. The van der Waals surface area contributed by atoms with Crippen LogP contribution in [0.25, 0.3) is 11.5 Å². The summed E-state index contributed by atoms with van der Waals surface area (Å²) in [5.74, 6) is 1.02. The van der Waals surface area contributed by atoms with Crippen molar-refractivity contribution in [2.24, 2.45) is 17.6 Å². The number of rotatable bonds is 5. The lowest BCUT2D eigenvalue weighted by molar-refractivity contribution is -0.126.